The highest BCUT2D eigenvalue weighted by molar-refractivity contribution is 14.0. The van der Waals surface area contributed by atoms with Crippen molar-refractivity contribution in [2.75, 3.05) is 6.54 Å². The van der Waals surface area contributed by atoms with E-state index in [1.807, 2.05) is 24.4 Å². The van der Waals surface area contributed by atoms with Crippen molar-refractivity contribution in [2.45, 2.75) is 39.2 Å². The molecule has 0 atom stereocenters. The smallest absolute Gasteiger partial charge is 0.188 e. The third-order valence-electron chi connectivity index (χ3n) is 3.32. The Hall–Kier alpha value is -1.64. The molecule has 23 heavy (non-hydrogen) atoms. The summed E-state index contributed by atoms with van der Waals surface area (Å²) in [6, 6.07) is 5.77. The van der Waals surface area contributed by atoms with Crippen LogP contribution in [-0.4, -0.2) is 27.3 Å². The molecule has 2 heterocycles. The number of hydrogen-bond acceptors (Lipinski definition) is 3. The quantitative estimate of drug-likeness (QED) is 0.293. The van der Waals surface area contributed by atoms with Crippen molar-refractivity contribution < 1.29 is 0 Å². The zero-order valence-electron chi connectivity index (χ0n) is 13.5. The van der Waals surface area contributed by atoms with E-state index in [0.29, 0.717) is 12.5 Å². The Morgan fingerprint density at radius 3 is 2.91 bits per heavy atom. The van der Waals surface area contributed by atoms with E-state index < -0.39 is 0 Å². The van der Waals surface area contributed by atoms with Crippen LogP contribution in [0.3, 0.4) is 0 Å². The highest BCUT2D eigenvalue weighted by atomic mass is 127. The summed E-state index contributed by atoms with van der Waals surface area (Å²) in [4.78, 5) is 8.65. The normalized spacial score (nSPS) is 11.1. The molecule has 3 N–H and O–H groups in total. The molecule has 0 aromatic carbocycles. The highest BCUT2D eigenvalue weighted by Crippen LogP contribution is 2.07. The predicted molar refractivity (Wildman–Crippen MR) is 104 cm³/mol. The number of hydrogen-bond donors (Lipinski definition) is 2. The second-order valence-electron chi connectivity index (χ2n) is 5.16. The first-order valence-electron chi connectivity index (χ1n) is 7.78. The fourth-order valence-electron chi connectivity index (χ4n) is 2.09. The van der Waals surface area contributed by atoms with Crippen LogP contribution in [0.4, 0.5) is 0 Å². The minimum absolute atomic E-state index is 0. The molecule has 6 nitrogen and oxygen atoms in total. The summed E-state index contributed by atoms with van der Waals surface area (Å²) in [6.07, 6.45) is 10.2. The van der Waals surface area contributed by atoms with Gasteiger partial charge in [-0.25, -0.2) is 14.7 Å². The molecular formula is C16H25IN6. The molecule has 0 saturated heterocycles. The van der Waals surface area contributed by atoms with Gasteiger partial charge in [0.25, 0.3) is 0 Å². The van der Waals surface area contributed by atoms with Crippen LogP contribution in [0.5, 0.6) is 0 Å². The minimum atomic E-state index is 0. The third-order valence-corrected chi connectivity index (χ3v) is 3.32. The fraction of sp³-hybridized carbons (Fsp3) is 0.438. The van der Waals surface area contributed by atoms with Crippen molar-refractivity contribution in [3.8, 4) is 5.82 Å². The van der Waals surface area contributed by atoms with Crippen molar-refractivity contribution in [3.63, 3.8) is 0 Å². The molecule has 126 valence electrons. The van der Waals surface area contributed by atoms with Crippen LogP contribution in [0.25, 0.3) is 5.82 Å². The highest BCUT2D eigenvalue weighted by Gasteiger charge is 2.00. The number of aromatic nitrogens is 3. The summed E-state index contributed by atoms with van der Waals surface area (Å²) in [5, 5.41) is 7.32. The molecule has 0 aliphatic heterocycles. The zero-order chi connectivity index (χ0) is 15.6. The van der Waals surface area contributed by atoms with Gasteiger partial charge in [0.1, 0.15) is 0 Å². The van der Waals surface area contributed by atoms with Gasteiger partial charge in [-0.3, -0.25) is 0 Å². The Balaban J connectivity index is 0.00000264. The van der Waals surface area contributed by atoms with Gasteiger partial charge in [-0.15, -0.1) is 24.0 Å². The molecule has 0 radical (unpaired) electrons. The number of halogens is 1. The van der Waals surface area contributed by atoms with Crippen LogP contribution in [-0.2, 0) is 6.54 Å². The van der Waals surface area contributed by atoms with Gasteiger partial charge in [-0.2, -0.15) is 5.10 Å². The Bertz CT molecular complexity index is 582. The lowest BCUT2D eigenvalue weighted by Crippen LogP contribution is -2.32. The van der Waals surface area contributed by atoms with Crippen LogP contribution in [0.2, 0.25) is 0 Å². The summed E-state index contributed by atoms with van der Waals surface area (Å²) < 4.78 is 1.72. The van der Waals surface area contributed by atoms with Crippen LogP contribution < -0.4 is 11.1 Å². The standard InChI is InChI=1S/C16H24N6.HI/c1-2-3-4-5-8-19-16(17)20-13-14-7-10-18-15(12-14)22-11-6-9-21-22;/h6-7,9-12H,2-5,8,13H2,1H3,(H3,17,19,20);1H. The van der Waals surface area contributed by atoms with Gasteiger partial charge in [0, 0.05) is 25.1 Å². The van der Waals surface area contributed by atoms with Crippen molar-refractivity contribution in [3.05, 3.63) is 42.4 Å². The summed E-state index contributed by atoms with van der Waals surface area (Å²) in [5.74, 6) is 1.28. The Morgan fingerprint density at radius 2 is 2.17 bits per heavy atom. The zero-order valence-corrected chi connectivity index (χ0v) is 15.8. The van der Waals surface area contributed by atoms with Crippen molar-refractivity contribution in [2.24, 2.45) is 10.7 Å². The van der Waals surface area contributed by atoms with Crippen molar-refractivity contribution >= 4 is 29.9 Å². The molecule has 2 aromatic heterocycles. The number of nitrogens with zero attached hydrogens (tertiary/aromatic N) is 4. The SMILES string of the molecule is CCCCCCNC(N)=NCc1ccnc(-n2cccn2)c1.I. The molecule has 0 saturated carbocycles. The van der Waals surface area contributed by atoms with Gasteiger partial charge < -0.3 is 11.1 Å². The molecule has 0 bridgehead atoms. The average Bonchev–Trinajstić information content (AvgIpc) is 3.07. The van der Waals surface area contributed by atoms with Gasteiger partial charge in [0.05, 0.1) is 6.54 Å². The number of pyridine rings is 1. The van der Waals surface area contributed by atoms with E-state index in [9.17, 15) is 0 Å². The molecule has 0 fully saturated rings. The van der Waals surface area contributed by atoms with Crippen LogP contribution in [0, 0.1) is 0 Å². The lowest BCUT2D eigenvalue weighted by molar-refractivity contribution is 0.652. The van der Waals surface area contributed by atoms with Gasteiger partial charge in [-0.05, 0) is 30.2 Å². The first kappa shape index (κ1) is 19.4. The average molecular weight is 428 g/mol. The minimum Gasteiger partial charge on any atom is -0.370 e. The van der Waals surface area contributed by atoms with Crippen LogP contribution in [0.1, 0.15) is 38.2 Å². The maximum Gasteiger partial charge on any atom is 0.188 e. The number of aliphatic imine (C=N–C) groups is 1. The first-order chi connectivity index (χ1) is 10.8. The summed E-state index contributed by atoms with van der Waals surface area (Å²) in [7, 11) is 0. The summed E-state index contributed by atoms with van der Waals surface area (Å²) in [6.45, 7) is 3.62. The molecule has 0 aliphatic rings. The fourth-order valence-corrected chi connectivity index (χ4v) is 2.09. The van der Waals surface area contributed by atoms with Crippen LogP contribution in [0.15, 0.2) is 41.8 Å². The van der Waals surface area contributed by atoms with Gasteiger partial charge >= 0.3 is 0 Å². The first-order valence-corrected chi connectivity index (χ1v) is 7.78. The van der Waals surface area contributed by atoms with E-state index in [1.165, 1.54) is 19.3 Å². The van der Waals surface area contributed by atoms with Gasteiger partial charge in [0.2, 0.25) is 0 Å². The molecule has 2 aromatic rings. The van der Waals surface area contributed by atoms with Crippen molar-refractivity contribution in [1.82, 2.24) is 20.1 Å². The topological polar surface area (TPSA) is 81.1 Å². The molecular weight excluding hydrogens is 403 g/mol. The molecule has 0 amide bonds. The number of nitrogens with two attached hydrogens (primary N) is 1. The summed E-state index contributed by atoms with van der Waals surface area (Å²) in [5.41, 5.74) is 6.93. The molecule has 0 spiro atoms. The Kier molecular flexibility index (Phi) is 9.27. The molecule has 2 rings (SSSR count). The molecule has 0 unspecified atom stereocenters. The largest absolute Gasteiger partial charge is 0.370 e. The third kappa shape index (κ3) is 6.98. The second kappa shape index (κ2) is 11.0. The van der Waals surface area contributed by atoms with Gasteiger partial charge in [0.15, 0.2) is 11.8 Å². The van der Waals surface area contributed by atoms with Crippen molar-refractivity contribution in [1.29, 1.82) is 0 Å². The van der Waals surface area contributed by atoms with Crippen LogP contribution >= 0.6 is 24.0 Å². The lowest BCUT2D eigenvalue weighted by atomic mass is 10.2. The summed E-state index contributed by atoms with van der Waals surface area (Å²) >= 11 is 0. The van der Waals surface area contributed by atoms with E-state index in [0.717, 1.165) is 24.3 Å². The Morgan fingerprint density at radius 1 is 1.30 bits per heavy atom. The van der Waals surface area contributed by atoms with E-state index in [2.05, 4.69) is 27.3 Å². The van der Waals surface area contributed by atoms with E-state index >= 15 is 0 Å². The molecule has 7 heteroatoms. The number of guanidine groups is 1. The predicted octanol–water partition coefficient (Wildman–Crippen LogP) is 2.87. The van der Waals surface area contributed by atoms with E-state index in [1.54, 1.807) is 17.1 Å². The van der Waals surface area contributed by atoms with Gasteiger partial charge in [-0.1, -0.05) is 26.2 Å². The number of unbranched alkanes of at least 4 members (excludes halogenated alkanes) is 3. The maximum atomic E-state index is 5.87. The Labute approximate surface area is 154 Å². The monoisotopic (exact) mass is 428 g/mol. The van der Waals surface area contributed by atoms with E-state index in [-0.39, 0.29) is 24.0 Å². The number of rotatable bonds is 8. The number of nitrogens with one attached hydrogen (secondary N) is 1. The lowest BCUT2D eigenvalue weighted by Gasteiger charge is -2.06. The van der Waals surface area contributed by atoms with E-state index in [4.69, 9.17) is 5.73 Å². The maximum absolute atomic E-state index is 5.87. The second-order valence-corrected chi connectivity index (χ2v) is 5.16. The molecule has 0 aliphatic carbocycles.